The molecule has 61 heteroatoms. The maximum absolute atomic E-state index is 14.3. The van der Waals surface area contributed by atoms with Gasteiger partial charge in [0.2, 0.25) is 5.13 Å². The summed E-state index contributed by atoms with van der Waals surface area (Å²) in [5.41, 5.74) is -6.91. The number of anilines is 2. The molecule has 12 rings (SSSR count). The average molecular weight is 2150 g/mol. The molecule has 0 saturated carbocycles. The van der Waals surface area contributed by atoms with Gasteiger partial charge in [-0.15, -0.1) is 0 Å². The van der Waals surface area contributed by atoms with Gasteiger partial charge in [0.05, 0.1) is 74.4 Å². The molecule has 1 amide bonds. The number of alkyl halides is 18. The number of phenols is 1. The SMILES string of the molecule is CCO.CCOC(=O)c1cc(F)c(F)cc1F.CCOC(=O)c1cc(F)c(Oc2cc(C(F)(F)F)cc(C(F)(F)F)c2)cc1F.Cc1cc(O)cc(C(F)(F)F)c1.Cc1cc(Oc2cc(F)c(C(=O)Nc3ncns3)cc2F)cc(C(F)(F)F)c1.Nc1ncns1.O=C(O)c1cc(F)c(F)cc1F.O=C(O)c1cc(F)c(Oc2cc(C(F)(F)F)cc(C(F)(F)F)c2)cc1F.O=S(=O)(O)O.OC1CCCO1.[Na+].[OH-]. The number of benzene rings is 9. The molecule has 142 heavy (non-hydrogen) atoms. The van der Waals surface area contributed by atoms with Crippen LogP contribution in [0.3, 0.4) is 0 Å². The molecule has 0 spiro atoms. The van der Waals surface area contributed by atoms with Gasteiger partial charge in [0.15, 0.2) is 69.4 Å². The van der Waals surface area contributed by atoms with Crippen LogP contribution in [0.25, 0.3) is 0 Å². The number of hydrogen-bond donors (Lipinski definition) is 9. The molecule has 772 valence electrons. The molecule has 3 heterocycles. The van der Waals surface area contributed by atoms with E-state index < -0.39 is 243 Å². The summed E-state index contributed by atoms with van der Waals surface area (Å²) >= 11 is 2.03. The van der Waals surface area contributed by atoms with E-state index in [2.05, 4.69) is 43.0 Å². The molecule has 1 saturated heterocycles. The first kappa shape index (κ1) is 127. The monoisotopic (exact) mass is 2140 g/mol. The van der Waals surface area contributed by atoms with Crippen LogP contribution in [0.2, 0.25) is 0 Å². The summed E-state index contributed by atoms with van der Waals surface area (Å²) in [6, 6.07) is 9.68. The van der Waals surface area contributed by atoms with Crippen LogP contribution in [0.4, 0.5) is 142 Å². The number of carboxylic acids is 2. The Kier molecular flexibility index (Phi) is 50.2. The standard InChI is InChI=1S/C17H10F8O3.C17H10F5N3O2S.C15H6F8O3.C9H7F3O2.C8H7F3O.C7H3F3O2.C4H8O2.C2H3N3S.C2H6O.Na.H2O4S.H2O/c1-2-27-15(26)11-6-13(19)14(7-12(11)18)28-10-4-8(16(20,21)22)3-9(5-10)17(23,24)25;1-8-2-9(17(20,21)22)4-10(3-8)27-14-6-12(18)11(5-13(14)19)15(26)25-16-23-7-24-28-16;16-10-5-12(11(17)4-9(10)13(24)25)26-8-2-6(14(18,19)20)1-7(3-8)15(21,22)23;1-2-14-9(13)5-3-7(11)8(12)4-6(5)10;1-5-2-6(8(9,10)11)4-7(12)3-5;8-4-2-6(10)5(9)1-3(4)7(11)12;5-4-2-1-3-6-4;3-2-4-1-5-6-2;1-2-3;;1-5(2,3)4;/h3-7H,2H2,1H3;2-7H,1H3,(H,23,24,25,26);1-5H,(H,24,25);3-4H,2H2,1H3;2-4,12H,1H3;1-2H,(H,11,12);4-5H,1-3H2;1H,(H2,3,4,5);3H,2H2,1H3;;(H2,1,2,3,4);1H2/q;;;;;;;;;+1;;/p-1. The van der Waals surface area contributed by atoms with E-state index in [0.29, 0.717) is 65.3 Å². The maximum Gasteiger partial charge on any atom is 1.00 e. The van der Waals surface area contributed by atoms with Crippen LogP contribution in [0, 0.1) is 83.7 Å². The number of nitrogens with zero attached hydrogens (tertiary/aromatic N) is 4. The van der Waals surface area contributed by atoms with Crippen molar-refractivity contribution < 1.29 is 262 Å². The summed E-state index contributed by atoms with van der Waals surface area (Å²) in [7, 11) is -4.67. The van der Waals surface area contributed by atoms with Crippen molar-refractivity contribution in [2.75, 3.05) is 37.5 Å². The molecule has 1 atom stereocenters. The number of hydrogen-bond acceptors (Lipinski definition) is 24. The zero-order valence-electron chi connectivity index (χ0n) is 71.5. The van der Waals surface area contributed by atoms with E-state index in [1.165, 1.54) is 64.0 Å². The quantitative estimate of drug-likeness (QED) is 0.0160. The second-order valence-electron chi connectivity index (χ2n) is 25.9. The van der Waals surface area contributed by atoms with Crippen molar-refractivity contribution in [3.05, 3.63) is 288 Å². The third-order valence-corrected chi connectivity index (χ3v) is 16.3. The predicted molar refractivity (Wildman–Crippen MR) is 427 cm³/mol. The number of nitrogens with one attached hydrogen (secondary N) is 1. The first-order chi connectivity index (χ1) is 64.4. The number of aromatic nitrogens is 4. The molecule has 0 aliphatic carbocycles. The fourth-order valence-electron chi connectivity index (χ4n) is 9.48. The van der Waals surface area contributed by atoms with Crippen molar-refractivity contribution in [2.24, 2.45) is 0 Å². The molecule has 0 bridgehead atoms. The first-order valence-electron chi connectivity index (χ1n) is 36.9. The van der Waals surface area contributed by atoms with E-state index >= 15 is 0 Å². The fourth-order valence-corrected chi connectivity index (χ4v) is 10.2. The Labute approximate surface area is 807 Å². The van der Waals surface area contributed by atoms with Gasteiger partial charge in [-0.3, -0.25) is 19.2 Å². The van der Waals surface area contributed by atoms with Crippen LogP contribution in [0.5, 0.6) is 40.2 Å². The van der Waals surface area contributed by atoms with Crippen molar-refractivity contribution in [3.63, 3.8) is 0 Å². The molecular formula is C81H63F30N6NaO21S3. The molecule has 11 aromatic rings. The Morgan fingerprint density at radius 1 is 0.430 bits per heavy atom. The number of aromatic carboxylic acids is 2. The van der Waals surface area contributed by atoms with Crippen molar-refractivity contribution in [1.29, 1.82) is 0 Å². The Morgan fingerprint density at radius 3 is 1.01 bits per heavy atom. The zero-order chi connectivity index (χ0) is 107. The van der Waals surface area contributed by atoms with Gasteiger partial charge in [-0.05, 0) is 155 Å². The second kappa shape index (κ2) is 56.0. The Balaban J connectivity index is 0.000000835. The van der Waals surface area contributed by atoms with E-state index in [9.17, 15) is 156 Å². The van der Waals surface area contributed by atoms with Gasteiger partial charge in [-0.1, -0.05) is 0 Å². The van der Waals surface area contributed by atoms with Gasteiger partial charge >= 0.3 is 101 Å². The molecule has 0 radical (unpaired) electrons. The molecule has 2 aromatic heterocycles. The number of nitrogens with two attached hydrogens (primary N) is 1. The second-order valence-corrected chi connectivity index (χ2v) is 28.4. The van der Waals surface area contributed by atoms with Crippen LogP contribution >= 0.6 is 23.1 Å². The number of ether oxygens (including phenoxy) is 6. The summed E-state index contributed by atoms with van der Waals surface area (Å²) in [5.74, 6) is -28.0. The van der Waals surface area contributed by atoms with Gasteiger partial charge in [0.1, 0.15) is 64.7 Å². The van der Waals surface area contributed by atoms with Gasteiger partial charge in [-0.25, -0.2) is 81.8 Å². The van der Waals surface area contributed by atoms with Crippen molar-refractivity contribution in [2.45, 2.75) is 90.8 Å². The van der Waals surface area contributed by atoms with Crippen LogP contribution in [-0.4, -0.2) is 130 Å². The smallest absolute Gasteiger partial charge is 0.870 e. The number of phenolic OH excluding ortho intramolecular Hbond substituents is 1. The predicted octanol–water partition coefficient (Wildman–Crippen LogP) is 19.9. The minimum atomic E-state index is -5.16. The largest absolute Gasteiger partial charge is 1.00 e. The molecule has 1 aliphatic heterocycles. The summed E-state index contributed by atoms with van der Waals surface area (Å²) in [6.07, 6.45) is -25.6. The Hall–Kier alpha value is -12.9. The van der Waals surface area contributed by atoms with Crippen LogP contribution in [0.15, 0.2) is 146 Å². The number of aliphatic hydroxyl groups excluding tert-OH is 2. The third-order valence-electron chi connectivity index (χ3n) is 15.2. The number of rotatable bonds is 14. The minimum absolute atomic E-state index is 0. The molecule has 1 unspecified atom stereocenters. The average Bonchev–Trinajstić information content (AvgIpc) is 0.901. The van der Waals surface area contributed by atoms with E-state index in [1.807, 2.05) is 0 Å². The van der Waals surface area contributed by atoms with Crippen molar-refractivity contribution in [3.8, 4) is 40.2 Å². The maximum atomic E-state index is 14.3. The van der Waals surface area contributed by atoms with Crippen LogP contribution < -0.4 is 54.8 Å². The minimum Gasteiger partial charge on any atom is -0.870 e. The number of aliphatic hydroxyl groups is 2. The fraction of sp³-hybridized carbons (Fsp3) is 0.222. The molecular weight excluding hydrogens is 2080 g/mol. The summed E-state index contributed by atoms with van der Waals surface area (Å²) in [6.45, 7) is 8.40. The number of carbonyl (C=O) groups is 5. The number of carbonyl (C=O) groups excluding carboxylic acids is 3. The topological polar surface area (TPSA) is 436 Å². The molecule has 1 fully saturated rings. The number of halogens is 30. The van der Waals surface area contributed by atoms with E-state index in [4.69, 9.17) is 58.3 Å². The number of aryl methyl sites for hydroxylation is 2. The van der Waals surface area contributed by atoms with E-state index in [1.54, 1.807) is 6.92 Å². The number of aromatic hydroxyl groups is 1. The molecule has 1 aliphatic rings. The number of amides is 1. The molecule has 9 aromatic carbocycles. The number of carboxylic acid groups (broad SMARTS) is 2. The Morgan fingerprint density at radius 2 is 0.718 bits per heavy atom. The van der Waals surface area contributed by atoms with E-state index in [-0.39, 0.29) is 132 Å². The van der Waals surface area contributed by atoms with Crippen LogP contribution in [-0.2, 0) is 61.7 Å². The molecule has 11 N–H and O–H groups in total. The normalized spacial score (nSPS) is 12.0. The van der Waals surface area contributed by atoms with Gasteiger partial charge in [-0.2, -0.15) is 96.2 Å². The Bertz CT molecular complexity index is 6070. The van der Waals surface area contributed by atoms with Crippen LogP contribution in [0.1, 0.15) is 130 Å². The molecule has 27 nitrogen and oxygen atoms in total. The first-order valence-corrected chi connectivity index (χ1v) is 39.8. The number of esters is 2. The number of nitrogen functional groups attached to an aromatic ring is 1. The van der Waals surface area contributed by atoms with Gasteiger partial charge in [0.25, 0.3) is 5.91 Å². The zero-order valence-corrected chi connectivity index (χ0v) is 75.9. The van der Waals surface area contributed by atoms with Gasteiger partial charge < -0.3 is 65.2 Å². The van der Waals surface area contributed by atoms with Crippen molar-refractivity contribution >= 4 is 73.5 Å². The van der Waals surface area contributed by atoms with Crippen molar-refractivity contribution in [1.82, 2.24) is 18.7 Å². The summed E-state index contributed by atoms with van der Waals surface area (Å²) < 4.78 is 454. The van der Waals surface area contributed by atoms with Gasteiger partial charge in [0, 0.05) is 73.0 Å². The van der Waals surface area contributed by atoms with E-state index in [0.717, 1.165) is 43.1 Å². The summed E-state index contributed by atoms with van der Waals surface area (Å²) in [5, 5.41) is 44.7. The third kappa shape index (κ3) is 44.1. The summed E-state index contributed by atoms with van der Waals surface area (Å²) in [4.78, 5) is 62.6.